The molecule has 2 amide bonds. The van der Waals surface area contributed by atoms with Crippen LogP contribution in [0.3, 0.4) is 0 Å². The largest absolute Gasteiger partial charge is 0.490 e. The number of amides is 2. The van der Waals surface area contributed by atoms with Crippen LogP contribution < -0.4 is 10.1 Å². The number of allylic oxidation sites excluding steroid dienone is 2. The fourth-order valence-electron chi connectivity index (χ4n) is 4.02. The normalized spacial score (nSPS) is 22.7. The van der Waals surface area contributed by atoms with Gasteiger partial charge in [-0.15, -0.1) is 0 Å². The summed E-state index contributed by atoms with van der Waals surface area (Å²) < 4.78 is 45.1. The highest BCUT2D eigenvalue weighted by Crippen LogP contribution is 2.50. The fourth-order valence-corrected chi connectivity index (χ4v) is 5.96. The number of carbonyl (C=O) groups excluding carboxylic acids is 2. The molecule has 6 nitrogen and oxygen atoms in total. The van der Waals surface area contributed by atoms with Crippen molar-refractivity contribution in [2.24, 2.45) is 11.8 Å². The van der Waals surface area contributed by atoms with E-state index in [2.05, 4.69) is 5.32 Å². The van der Waals surface area contributed by atoms with E-state index in [1.54, 1.807) is 24.3 Å². The van der Waals surface area contributed by atoms with E-state index in [1.807, 2.05) is 0 Å². The van der Waals surface area contributed by atoms with Crippen molar-refractivity contribution in [3.05, 3.63) is 41.7 Å². The van der Waals surface area contributed by atoms with Gasteiger partial charge in [-0.2, -0.15) is 0 Å². The molecule has 1 saturated heterocycles. The Labute approximate surface area is 182 Å². The van der Waals surface area contributed by atoms with Gasteiger partial charge in [0, 0.05) is 11.8 Å². The molecule has 1 aromatic rings. The van der Waals surface area contributed by atoms with Crippen LogP contribution >= 0.6 is 0 Å². The number of sulfone groups is 1. The van der Waals surface area contributed by atoms with Crippen molar-refractivity contribution in [1.29, 1.82) is 0 Å². The first kappa shape index (κ1) is 22.0. The molecule has 1 heterocycles. The minimum Gasteiger partial charge on any atom is -0.490 e. The predicted octanol–water partition coefficient (Wildman–Crippen LogP) is 3.06. The van der Waals surface area contributed by atoms with Gasteiger partial charge in [0.05, 0.1) is 24.0 Å². The molecule has 0 bridgehead atoms. The first-order chi connectivity index (χ1) is 14.8. The van der Waals surface area contributed by atoms with Gasteiger partial charge < -0.3 is 4.74 Å². The molecule has 2 aliphatic carbocycles. The Balaban J connectivity index is 1.30. The maximum Gasteiger partial charge on any atom is 0.230 e. The summed E-state index contributed by atoms with van der Waals surface area (Å²) in [5, 5.41) is 2.26. The molecule has 1 N–H and O–H groups in total. The van der Waals surface area contributed by atoms with Crippen LogP contribution in [0, 0.1) is 17.7 Å². The third-order valence-corrected chi connectivity index (χ3v) is 8.16. The summed E-state index contributed by atoms with van der Waals surface area (Å²) >= 11 is 0. The van der Waals surface area contributed by atoms with Crippen molar-refractivity contribution < 1.29 is 27.1 Å². The molecule has 1 aliphatic heterocycles. The van der Waals surface area contributed by atoms with E-state index in [-0.39, 0.29) is 41.4 Å². The van der Waals surface area contributed by atoms with Gasteiger partial charge in [0.2, 0.25) is 11.8 Å². The molecule has 1 aromatic carbocycles. The Morgan fingerprint density at radius 2 is 1.97 bits per heavy atom. The van der Waals surface area contributed by atoms with Crippen molar-refractivity contribution in [2.45, 2.75) is 50.4 Å². The van der Waals surface area contributed by atoms with Crippen LogP contribution in [0.5, 0.6) is 5.75 Å². The summed E-state index contributed by atoms with van der Waals surface area (Å²) in [6.07, 6.45) is 8.27. The molecular weight excluding hydrogens is 421 g/mol. The second-order valence-electron chi connectivity index (χ2n) is 9.08. The Hall–Kier alpha value is -2.22. The first-order valence-corrected chi connectivity index (χ1v) is 12.7. The second-order valence-corrected chi connectivity index (χ2v) is 11.3. The van der Waals surface area contributed by atoms with E-state index in [0.29, 0.717) is 25.4 Å². The highest BCUT2D eigenvalue weighted by atomic mass is 32.2. The van der Waals surface area contributed by atoms with Crippen LogP contribution in [0.2, 0.25) is 0 Å². The second kappa shape index (κ2) is 8.73. The SMILES string of the molecule is O=C1CC(C/C=C/CCS(=O)(=O)CC2(c3ccc(F)c(OCC4CC4)c3)CC2)C(=O)N1. The summed E-state index contributed by atoms with van der Waals surface area (Å²) in [4.78, 5) is 22.7. The Kier molecular flexibility index (Phi) is 6.19. The van der Waals surface area contributed by atoms with Crippen LogP contribution in [-0.4, -0.2) is 38.3 Å². The number of nitrogens with one attached hydrogen (secondary N) is 1. The highest BCUT2D eigenvalue weighted by molar-refractivity contribution is 7.91. The molecule has 4 rings (SSSR count). The maximum atomic E-state index is 14.1. The molecule has 0 radical (unpaired) electrons. The van der Waals surface area contributed by atoms with E-state index < -0.39 is 21.1 Å². The predicted molar refractivity (Wildman–Crippen MR) is 114 cm³/mol. The third kappa shape index (κ3) is 5.73. The summed E-state index contributed by atoms with van der Waals surface area (Å²) in [6, 6.07) is 4.72. The van der Waals surface area contributed by atoms with Gasteiger partial charge in [0.1, 0.15) is 0 Å². The molecule has 1 atom stereocenters. The van der Waals surface area contributed by atoms with Gasteiger partial charge in [-0.3, -0.25) is 14.9 Å². The minimum atomic E-state index is -3.30. The molecule has 0 spiro atoms. The minimum absolute atomic E-state index is 0.0211. The lowest BCUT2D eigenvalue weighted by Gasteiger charge is -2.17. The Bertz CT molecular complexity index is 995. The first-order valence-electron chi connectivity index (χ1n) is 10.9. The van der Waals surface area contributed by atoms with E-state index in [4.69, 9.17) is 4.74 Å². The van der Waals surface area contributed by atoms with Crippen LogP contribution in [0.15, 0.2) is 30.4 Å². The zero-order chi connectivity index (χ0) is 22.1. The van der Waals surface area contributed by atoms with E-state index in [1.165, 1.54) is 6.07 Å². The van der Waals surface area contributed by atoms with E-state index in [9.17, 15) is 22.4 Å². The average Bonchev–Trinajstić information content (AvgIpc) is 3.62. The number of halogens is 1. The third-order valence-electron chi connectivity index (χ3n) is 6.31. The standard InChI is InChI=1S/C23H28FNO5S/c24-19-8-7-18(13-20(19)30-14-16-5-6-16)23(9-10-23)15-31(28,29)11-3-1-2-4-17-12-21(26)25-22(17)27/h1-2,7-8,13,16-17H,3-6,9-12,14-15H2,(H,25,26,27)/b2-1+. The lowest BCUT2D eigenvalue weighted by atomic mass is 9.98. The van der Waals surface area contributed by atoms with Crippen molar-refractivity contribution in [2.75, 3.05) is 18.1 Å². The number of rotatable bonds is 11. The molecule has 0 aromatic heterocycles. The lowest BCUT2D eigenvalue weighted by Crippen LogP contribution is -2.23. The number of benzene rings is 1. The summed E-state index contributed by atoms with van der Waals surface area (Å²) in [5.74, 6) is -0.509. The zero-order valence-electron chi connectivity index (χ0n) is 17.4. The van der Waals surface area contributed by atoms with Gasteiger partial charge in [-0.1, -0.05) is 18.2 Å². The van der Waals surface area contributed by atoms with Gasteiger partial charge in [0.15, 0.2) is 21.4 Å². The molecule has 8 heteroatoms. The van der Waals surface area contributed by atoms with Gasteiger partial charge in [-0.05, 0) is 62.1 Å². The average molecular weight is 450 g/mol. The maximum absolute atomic E-state index is 14.1. The number of ether oxygens (including phenoxy) is 1. The molecule has 2 saturated carbocycles. The number of carbonyl (C=O) groups is 2. The van der Waals surface area contributed by atoms with Crippen molar-refractivity contribution in [3.8, 4) is 5.75 Å². The molecule has 3 fully saturated rings. The fraction of sp³-hybridized carbons (Fsp3) is 0.565. The summed E-state index contributed by atoms with van der Waals surface area (Å²) in [7, 11) is -3.30. The van der Waals surface area contributed by atoms with Crippen LogP contribution in [-0.2, 0) is 24.8 Å². The van der Waals surface area contributed by atoms with E-state index >= 15 is 0 Å². The number of imide groups is 1. The number of hydrogen-bond donors (Lipinski definition) is 1. The van der Waals surface area contributed by atoms with Gasteiger partial charge >= 0.3 is 0 Å². The molecule has 31 heavy (non-hydrogen) atoms. The van der Waals surface area contributed by atoms with Crippen molar-refractivity contribution in [3.63, 3.8) is 0 Å². The van der Waals surface area contributed by atoms with Crippen LogP contribution in [0.25, 0.3) is 0 Å². The smallest absolute Gasteiger partial charge is 0.230 e. The van der Waals surface area contributed by atoms with Gasteiger partial charge in [0.25, 0.3) is 0 Å². The topological polar surface area (TPSA) is 89.5 Å². The van der Waals surface area contributed by atoms with Crippen LogP contribution in [0.4, 0.5) is 4.39 Å². The molecule has 168 valence electrons. The zero-order valence-corrected chi connectivity index (χ0v) is 18.3. The van der Waals surface area contributed by atoms with Gasteiger partial charge in [-0.25, -0.2) is 12.8 Å². The summed E-state index contributed by atoms with van der Waals surface area (Å²) in [6.45, 7) is 0.509. The van der Waals surface area contributed by atoms with Crippen molar-refractivity contribution >= 4 is 21.7 Å². The monoisotopic (exact) mass is 449 g/mol. The Morgan fingerprint density at radius 3 is 2.61 bits per heavy atom. The molecule has 1 unspecified atom stereocenters. The molecule has 3 aliphatic rings. The highest BCUT2D eigenvalue weighted by Gasteiger charge is 2.47. The van der Waals surface area contributed by atoms with E-state index in [0.717, 1.165) is 31.2 Å². The van der Waals surface area contributed by atoms with Crippen molar-refractivity contribution in [1.82, 2.24) is 5.32 Å². The van der Waals surface area contributed by atoms with Crippen LogP contribution in [0.1, 0.15) is 50.5 Å². The number of hydrogen-bond acceptors (Lipinski definition) is 5. The summed E-state index contributed by atoms with van der Waals surface area (Å²) in [5.41, 5.74) is 0.381. The lowest BCUT2D eigenvalue weighted by molar-refractivity contribution is -0.125. The Morgan fingerprint density at radius 1 is 1.19 bits per heavy atom. The molecular formula is C23H28FNO5S. The quantitative estimate of drug-likeness (QED) is 0.414.